The van der Waals surface area contributed by atoms with E-state index in [0.29, 0.717) is 11.3 Å². The molecule has 1 aromatic rings. The Morgan fingerprint density at radius 2 is 1.74 bits per heavy atom. The molecule has 0 radical (unpaired) electrons. The van der Waals surface area contributed by atoms with Crippen LogP contribution in [0.4, 0.5) is 0 Å². The van der Waals surface area contributed by atoms with Gasteiger partial charge in [-0.1, -0.05) is 0 Å². The molecule has 1 N–H and O–H groups in total. The minimum absolute atomic E-state index is 0.0692. The van der Waals surface area contributed by atoms with Gasteiger partial charge in [0.05, 0.1) is 12.7 Å². The maximum absolute atomic E-state index is 12.3. The van der Waals surface area contributed by atoms with Crippen LogP contribution in [0.2, 0.25) is 0 Å². The van der Waals surface area contributed by atoms with E-state index in [0.717, 1.165) is 32.4 Å². The van der Waals surface area contributed by atoms with Gasteiger partial charge in [-0.2, -0.15) is 0 Å². The van der Waals surface area contributed by atoms with Crippen LogP contribution in [-0.4, -0.2) is 42.1 Å². The number of piperidine rings is 1. The van der Waals surface area contributed by atoms with Crippen molar-refractivity contribution in [3.8, 4) is 5.75 Å². The first kappa shape index (κ1) is 13.4. The van der Waals surface area contributed by atoms with Crippen molar-refractivity contribution < 1.29 is 19.4 Å². The lowest BCUT2D eigenvalue weighted by Crippen LogP contribution is -2.35. The molecule has 0 aliphatic carbocycles. The van der Waals surface area contributed by atoms with Crippen molar-refractivity contribution in [3.05, 3.63) is 29.3 Å². The molecule has 0 aromatic heterocycles. The molecule has 1 fully saturated rings. The van der Waals surface area contributed by atoms with Gasteiger partial charge in [-0.15, -0.1) is 0 Å². The zero-order valence-electron chi connectivity index (χ0n) is 10.9. The van der Waals surface area contributed by atoms with E-state index in [-0.39, 0.29) is 11.5 Å². The molecule has 1 heterocycles. The molecule has 0 unspecified atom stereocenters. The molecule has 2 rings (SSSR count). The van der Waals surface area contributed by atoms with E-state index >= 15 is 0 Å². The molecule has 1 amide bonds. The molecule has 0 saturated carbocycles. The molecule has 102 valence electrons. The maximum atomic E-state index is 12.3. The first-order valence-corrected chi connectivity index (χ1v) is 6.33. The van der Waals surface area contributed by atoms with Gasteiger partial charge in [0.1, 0.15) is 5.75 Å². The van der Waals surface area contributed by atoms with Gasteiger partial charge in [0, 0.05) is 18.7 Å². The third kappa shape index (κ3) is 3.05. The first-order valence-electron chi connectivity index (χ1n) is 6.33. The van der Waals surface area contributed by atoms with Crippen LogP contribution in [0, 0.1) is 0 Å². The molecule has 0 atom stereocenters. The van der Waals surface area contributed by atoms with Crippen LogP contribution in [0.25, 0.3) is 0 Å². The number of carbonyl (C=O) groups is 2. The lowest BCUT2D eigenvalue weighted by molar-refractivity contribution is 0.0696. The van der Waals surface area contributed by atoms with Crippen LogP contribution in [0.3, 0.4) is 0 Å². The highest BCUT2D eigenvalue weighted by atomic mass is 16.5. The summed E-state index contributed by atoms with van der Waals surface area (Å²) in [6, 6.07) is 4.40. The third-order valence-electron chi connectivity index (χ3n) is 3.28. The molecule has 5 nitrogen and oxygen atoms in total. The van der Waals surface area contributed by atoms with Crippen LogP contribution in [-0.2, 0) is 0 Å². The summed E-state index contributed by atoms with van der Waals surface area (Å²) >= 11 is 0. The molecule has 0 spiro atoms. The largest absolute Gasteiger partial charge is 0.497 e. The molecule has 1 aliphatic heterocycles. The number of amides is 1. The smallest absolute Gasteiger partial charge is 0.335 e. The summed E-state index contributed by atoms with van der Waals surface area (Å²) in [4.78, 5) is 25.1. The number of carboxylic acids is 1. The summed E-state index contributed by atoms with van der Waals surface area (Å²) in [5, 5.41) is 9.04. The van der Waals surface area contributed by atoms with Gasteiger partial charge in [-0.05, 0) is 37.5 Å². The summed E-state index contributed by atoms with van der Waals surface area (Å²) in [6.45, 7) is 1.47. The minimum Gasteiger partial charge on any atom is -0.497 e. The Bertz CT molecular complexity index is 492. The van der Waals surface area contributed by atoms with Crippen molar-refractivity contribution in [2.24, 2.45) is 0 Å². The van der Waals surface area contributed by atoms with E-state index in [1.165, 1.54) is 19.2 Å². The molecular formula is C14H17NO4. The van der Waals surface area contributed by atoms with Crippen LogP contribution >= 0.6 is 0 Å². The zero-order valence-corrected chi connectivity index (χ0v) is 10.9. The van der Waals surface area contributed by atoms with Crippen molar-refractivity contribution >= 4 is 11.9 Å². The van der Waals surface area contributed by atoms with Crippen molar-refractivity contribution in [3.63, 3.8) is 0 Å². The van der Waals surface area contributed by atoms with Crippen molar-refractivity contribution in [1.29, 1.82) is 0 Å². The Hall–Kier alpha value is -2.04. The SMILES string of the molecule is COc1cc(C(=O)O)cc(C(=O)N2CCCCC2)c1. The Kier molecular flexibility index (Phi) is 4.04. The fourth-order valence-corrected chi connectivity index (χ4v) is 2.24. The van der Waals surface area contributed by atoms with Crippen molar-refractivity contribution in [1.82, 2.24) is 4.90 Å². The van der Waals surface area contributed by atoms with E-state index < -0.39 is 5.97 Å². The molecule has 19 heavy (non-hydrogen) atoms. The molecule has 5 heteroatoms. The average molecular weight is 263 g/mol. The summed E-state index contributed by atoms with van der Waals surface area (Å²) in [6.07, 6.45) is 3.14. The fourth-order valence-electron chi connectivity index (χ4n) is 2.24. The molecule has 1 aliphatic rings. The summed E-state index contributed by atoms with van der Waals surface area (Å²) in [5.74, 6) is -0.798. The van der Waals surface area contributed by atoms with Gasteiger partial charge in [0.25, 0.3) is 5.91 Å². The Balaban J connectivity index is 2.29. The lowest BCUT2D eigenvalue weighted by atomic mass is 10.1. The molecular weight excluding hydrogens is 246 g/mol. The van der Waals surface area contributed by atoms with Gasteiger partial charge >= 0.3 is 5.97 Å². The predicted molar refractivity (Wildman–Crippen MR) is 69.7 cm³/mol. The van der Waals surface area contributed by atoms with Crippen LogP contribution in [0.15, 0.2) is 18.2 Å². The molecule has 1 saturated heterocycles. The number of aromatic carboxylic acids is 1. The van der Waals surface area contributed by atoms with Gasteiger partial charge in [-0.3, -0.25) is 4.79 Å². The van der Waals surface area contributed by atoms with Crippen molar-refractivity contribution in [2.45, 2.75) is 19.3 Å². The molecule has 0 bridgehead atoms. The van der Waals surface area contributed by atoms with Crippen molar-refractivity contribution in [2.75, 3.05) is 20.2 Å². The third-order valence-corrected chi connectivity index (χ3v) is 3.28. The van der Waals surface area contributed by atoms with Gasteiger partial charge < -0.3 is 14.7 Å². The Morgan fingerprint density at radius 1 is 1.11 bits per heavy atom. The van der Waals surface area contributed by atoms with Crippen LogP contribution in [0.1, 0.15) is 40.0 Å². The van der Waals surface area contributed by atoms with E-state index in [2.05, 4.69) is 0 Å². The zero-order chi connectivity index (χ0) is 13.8. The Morgan fingerprint density at radius 3 is 2.32 bits per heavy atom. The highest BCUT2D eigenvalue weighted by Crippen LogP contribution is 2.20. The number of likely N-dealkylation sites (tertiary alicyclic amines) is 1. The quantitative estimate of drug-likeness (QED) is 0.906. The number of carbonyl (C=O) groups excluding carboxylic acids is 1. The topological polar surface area (TPSA) is 66.8 Å². The Labute approximate surface area is 111 Å². The second kappa shape index (κ2) is 5.73. The number of hydrogen-bond acceptors (Lipinski definition) is 3. The number of ether oxygens (including phenoxy) is 1. The normalized spacial score (nSPS) is 15.1. The van der Waals surface area contributed by atoms with Gasteiger partial charge in [0.15, 0.2) is 0 Å². The highest BCUT2D eigenvalue weighted by Gasteiger charge is 2.20. The first-order chi connectivity index (χ1) is 9.11. The van der Waals surface area contributed by atoms with E-state index in [4.69, 9.17) is 9.84 Å². The number of hydrogen-bond donors (Lipinski definition) is 1. The summed E-state index contributed by atoms with van der Waals surface area (Å²) in [5.41, 5.74) is 0.443. The number of rotatable bonds is 3. The van der Waals surface area contributed by atoms with E-state index in [1.807, 2.05) is 0 Å². The minimum atomic E-state index is -1.06. The van der Waals surface area contributed by atoms with E-state index in [9.17, 15) is 9.59 Å². The van der Waals surface area contributed by atoms with Crippen LogP contribution in [0.5, 0.6) is 5.75 Å². The van der Waals surface area contributed by atoms with Crippen LogP contribution < -0.4 is 4.74 Å². The highest BCUT2D eigenvalue weighted by molar-refractivity contribution is 5.98. The summed E-state index contributed by atoms with van der Waals surface area (Å²) in [7, 11) is 1.45. The lowest BCUT2D eigenvalue weighted by Gasteiger charge is -2.26. The van der Waals surface area contributed by atoms with Gasteiger partial charge in [0.2, 0.25) is 0 Å². The number of benzene rings is 1. The number of methoxy groups -OCH3 is 1. The standard InChI is InChI=1S/C14H17NO4/c1-19-12-8-10(7-11(9-12)14(17)18)13(16)15-5-3-2-4-6-15/h7-9H,2-6H2,1H3,(H,17,18). The second-order valence-electron chi connectivity index (χ2n) is 4.61. The predicted octanol–water partition coefficient (Wildman–Crippen LogP) is 2.02. The fraction of sp³-hybridized carbons (Fsp3) is 0.429. The second-order valence-corrected chi connectivity index (χ2v) is 4.61. The maximum Gasteiger partial charge on any atom is 0.335 e. The molecule has 1 aromatic carbocycles. The van der Waals surface area contributed by atoms with E-state index in [1.54, 1.807) is 11.0 Å². The average Bonchev–Trinajstić information content (AvgIpc) is 2.46. The van der Waals surface area contributed by atoms with Gasteiger partial charge in [-0.25, -0.2) is 4.79 Å². The monoisotopic (exact) mass is 263 g/mol. The number of carboxylic acid groups (broad SMARTS) is 1. The number of nitrogens with zero attached hydrogens (tertiary/aromatic N) is 1. The summed E-state index contributed by atoms with van der Waals surface area (Å²) < 4.78 is 5.05.